The van der Waals surface area contributed by atoms with Gasteiger partial charge < -0.3 is 14.6 Å². The van der Waals surface area contributed by atoms with Crippen LogP contribution in [-0.4, -0.2) is 43.3 Å². The number of aliphatic hydroxyl groups is 1. The molecule has 0 spiro atoms. The van der Waals surface area contributed by atoms with Gasteiger partial charge in [0, 0.05) is 18.9 Å². The number of carbonyl (C=O) groups excluding carboxylic acids is 2. The van der Waals surface area contributed by atoms with Crippen molar-refractivity contribution in [1.82, 2.24) is 0 Å². The minimum Gasteiger partial charge on any atom is -0.464 e. The Balaban J connectivity index is 2.25. The summed E-state index contributed by atoms with van der Waals surface area (Å²) in [5.74, 6) is -0.173. The van der Waals surface area contributed by atoms with Gasteiger partial charge in [-0.05, 0) is 38.2 Å². The summed E-state index contributed by atoms with van der Waals surface area (Å²) >= 11 is 0. The Labute approximate surface area is 169 Å². The van der Waals surface area contributed by atoms with Gasteiger partial charge >= 0.3 is 5.97 Å². The molecular weight excluding hydrogens is 356 g/mol. The van der Waals surface area contributed by atoms with Crippen molar-refractivity contribution in [1.29, 1.82) is 0 Å². The number of ketones is 1. The van der Waals surface area contributed by atoms with Crippen LogP contribution in [0.1, 0.15) is 58.3 Å². The van der Waals surface area contributed by atoms with Gasteiger partial charge in [-0.25, -0.2) is 4.79 Å². The molecule has 0 unspecified atom stereocenters. The first kappa shape index (κ1) is 24.3. The van der Waals surface area contributed by atoms with E-state index in [1.165, 1.54) is 7.11 Å². The average molecular weight is 393 g/mol. The van der Waals surface area contributed by atoms with Gasteiger partial charge in [-0.15, -0.1) is 0 Å². The number of hydrogen-bond acceptors (Lipinski definition) is 5. The number of carbonyl (C=O) groups is 2. The summed E-state index contributed by atoms with van der Waals surface area (Å²) in [6.07, 6.45) is 18.6. The Bertz CT molecular complexity index is 535. The number of unbranched alkanes of at least 4 members (excludes halogenated alkanes) is 4. The SMILES string of the molecule is CCCCC[C@H](O)C=C[C@H]1C=CC(=O)[C@@H]1CC=CCCCCOC(=O)COC. The minimum atomic E-state index is -0.426. The van der Waals surface area contributed by atoms with E-state index in [2.05, 4.69) is 19.1 Å². The maximum absolute atomic E-state index is 12.1. The Morgan fingerprint density at radius 2 is 2.07 bits per heavy atom. The molecule has 0 aromatic rings. The lowest BCUT2D eigenvalue weighted by Crippen LogP contribution is -2.14. The molecule has 0 aromatic carbocycles. The fraction of sp³-hybridized carbons (Fsp3) is 0.652. The topological polar surface area (TPSA) is 72.8 Å². The lowest BCUT2D eigenvalue weighted by atomic mass is 9.90. The van der Waals surface area contributed by atoms with E-state index in [0.717, 1.165) is 44.9 Å². The number of methoxy groups -OCH3 is 1. The number of esters is 1. The monoisotopic (exact) mass is 392 g/mol. The zero-order valence-electron chi connectivity index (χ0n) is 17.3. The summed E-state index contributed by atoms with van der Waals surface area (Å²) in [6, 6.07) is 0. The number of allylic oxidation sites excluding steroid dienone is 5. The molecule has 0 aromatic heterocycles. The van der Waals surface area contributed by atoms with Crippen LogP contribution in [0.25, 0.3) is 0 Å². The molecule has 1 aliphatic carbocycles. The highest BCUT2D eigenvalue weighted by Crippen LogP contribution is 2.27. The van der Waals surface area contributed by atoms with Crippen molar-refractivity contribution in [2.24, 2.45) is 11.8 Å². The van der Waals surface area contributed by atoms with Crippen molar-refractivity contribution in [3.63, 3.8) is 0 Å². The van der Waals surface area contributed by atoms with E-state index in [9.17, 15) is 14.7 Å². The number of rotatable bonds is 15. The third-order valence-electron chi connectivity index (χ3n) is 4.82. The Morgan fingerprint density at radius 3 is 2.82 bits per heavy atom. The maximum atomic E-state index is 12.1. The highest BCUT2D eigenvalue weighted by Gasteiger charge is 2.27. The van der Waals surface area contributed by atoms with Gasteiger partial charge in [0.1, 0.15) is 6.61 Å². The number of aliphatic hydroxyl groups excluding tert-OH is 1. The first-order valence-corrected chi connectivity index (χ1v) is 10.5. The summed E-state index contributed by atoms with van der Waals surface area (Å²) in [5.41, 5.74) is 0. The molecule has 0 fully saturated rings. The highest BCUT2D eigenvalue weighted by atomic mass is 16.6. The molecule has 0 amide bonds. The van der Waals surface area contributed by atoms with Crippen LogP contribution in [0.5, 0.6) is 0 Å². The molecule has 0 saturated carbocycles. The normalized spacial score (nSPS) is 20.5. The van der Waals surface area contributed by atoms with Crippen LogP contribution < -0.4 is 0 Å². The second-order valence-corrected chi connectivity index (χ2v) is 7.25. The van der Waals surface area contributed by atoms with Gasteiger partial charge in [-0.1, -0.05) is 56.6 Å². The lowest BCUT2D eigenvalue weighted by Gasteiger charge is -2.13. The standard InChI is InChI=1S/C23H36O5/c1-3-4-8-11-20(24)15-13-19-14-16-22(25)21(19)12-9-6-5-7-10-17-28-23(26)18-27-2/h6,9,13-16,19-21,24H,3-5,7-8,10-12,17-18H2,1-2H3/t19-,20-,21+/m0/s1. The predicted octanol–water partition coefficient (Wildman–Crippen LogP) is 4.16. The molecule has 1 aliphatic rings. The molecule has 5 heteroatoms. The first-order chi connectivity index (χ1) is 13.6. The zero-order chi connectivity index (χ0) is 20.6. The Kier molecular flexibility index (Phi) is 13.2. The largest absolute Gasteiger partial charge is 0.464 e. The summed E-state index contributed by atoms with van der Waals surface area (Å²) in [4.78, 5) is 23.2. The third-order valence-corrected chi connectivity index (χ3v) is 4.82. The molecule has 28 heavy (non-hydrogen) atoms. The second kappa shape index (κ2) is 15.2. The van der Waals surface area contributed by atoms with Gasteiger partial charge in [-0.2, -0.15) is 0 Å². The Hall–Kier alpha value is -1.72. The van der Waals surface area contributed by atoms with E-state index in [4.69, 9.17) is 9.47 Å². The summed E-state index contributed by atoms with van der Waals surface area (Å²) in [5, 5.41) is 10.0. The second-order valence-electron chi connectivity index (χ2n) is 7.25. The van der Waals surface area contributed by atoms with Crippen LogP contribution in [0, 0.1) is 11.8 Å². The molecule has 1 rings (SSSR count). The van der Waals surface area contributed by atoms with Gasteiger partial charge in [-0.3, -0.25) is 4.79 Å². The zero-order valence-corrected chi connectivity index (χ0v) is 17.3. The van der Waals surface area contributed by atoms with Crippen LogP contribution in [0.4, 0.5) is 0 Å². The molecule has 0 heterocycles. The van der Waals surface area contributed by atoms with Crippen LogP contribution in [0.2, 0.25) is 0 Å². The van der Waals surface area contributed by atoms with E-state index >= 15 is 0 Å². The van der Waals surface area contributed by atoms with Crippen molar-refractivity contribution in [2.45, 2.75) is 64.4 Å². The molecule has 0 saturated heterocycles. The van der Waals surface area contributed by atoms with Gasteiger partial charge in [0.25, 0.3) is 0 Å². The molecule has 3 atom stereocenters. The maximum Gasteiger partial charge on any atom is 0.332 e. The van der Waals surface area contributed by atoms with Crippen molar-refractivity contribution in [2.75, 3.05) is 20.3 Å². The van der Waals surface area contributed by atoms with Crippen LogP contribution in [0.3, 0.4) is 0 Å². The quantitative estimate of drug-likeness (QED) is 0.257. The van der Waals surface area contributed by atoms with Crippen molar-refractivity contribution in [3.05, 3.63) is 36.5 Å². The summed E-state index contributed by atoms with van der Waals surface area (Å²) in [7, 11) is 1.47. The summed E-state index contributed by atoms with van der Waals surface area (Å²) < 4.78 is 9.70. The van der Waals surface area contributed by atoms with Crippen LogP contribution in [0.15, 0.2) is 36.5 Å². The lowest BCUT2D eigenvalue weighted by molar-refractivity contribution is -0.148. The van der Waals surface area contributed by atoms with E-state index in [1.54, 1.807) is 6.08 Å². The van der Waals surface area contributed by atoms with Crippen LogP contribution >= 0.6 is 0 Å². The van der Waals surface area contributed by atoms with Gasteiger partial charge in [0.05, 0.1) is 12.7 Å². The molecule has 0 radical (unpaired) electrons. The summed E-state index contributed by atoms with van der Waals surface area (Å²) in [6.45, 7) is 2.55. The van der Waals surface area contributed by atoms with Gasteiger partial charge in [0.2, 0.25) is 0 Å². The van der Waals surface area contributed by atoms with E-state index in [-0.39, 0.29) is 30.2 Å². The smallest absolute Gasteiger partial charge is 0.332 e. The minimum absolute atomic E-state index is 0.00522. The predicted molar refractivity (Wildman–Crippen MR) is 111 cm³/mol. The van der Waals surface area contributed by atoms with Crippen molar-refractivity contribution < 1.29 is 24.2 Å². The van der Waals surface area contributed by atoms with E-state index < -0.39 is 6.10 Å². The van der Waals surface area contributed by atoms with E-state index in [0.29, 0.717) is 13.0 Å². The molecule has 158 valence electrons. The third kappa shape index (κ3) is 10.6. The van der Waals surface area contributed by atoms with E-state index in [1.807, 2.05) is 18.2 Å². The highest BCUT2D eigenvalue weighted by molar-refractivity contribution is 5.95. The van der Waals surface area contributed by atoms with Gasteiger partial charge in [0.15, 0.2) is 5.78 Å². The first-order valence-electron chi connectivity index (χ1n) is 10.5. The van der Waals surface area contributed by atoms with Crippen LogP contribution in [-0.2, 0) is 19.1 Å². The molecule has 0 aliphatic heterocycles. The number of hydrogen-bond donors (Lipinski definition) is 1. The molecule has 5 nitrogen and oxygen atoms in total. The van der Waals surface area contributed by atoms with Crippen molar-refractivity contribution in [3.8, 4) is 0 Å². The van der Waals surface area contributed by atoms with Crippen molar-refractivity contribution >= 4 is 11.8 Å². The fourth-order valence-corrected chi connectivity index (χ4v) is 3.15. The molecular formula is C23H36O5. The Morgan fingerprint density at radius 1 is 1.25 bits per heavy atom. The molecule has 0 bridgehead atoms. The molecule has 1 N–H and O–H groups in total. The average Bonchev–Trinajstić information content (AvgIpc) is 3.02. The number of ether oxygens (including phenoxy) is 2. The fourth-order valence-electron chi connectivity index (χ4n) is 3.15.